The van der Waals surface area contributed by atoms with E-state index in [1.54, 1.807) is 6.07 Å². The van der Waals surface area contributed by atoms with Crippen molar-refractivity contribution in [3.63, 3.8) is 0 Å². The zero-order valence-corrected chi connectivity index (χ0v) is 13.2. The van der Waals surface area contributed by atoms with Crippen LogP contribution in [0.2, 0.25) is 0 Å². The fourth-order valence-electron chi connectivity index (χ4n) is 2.66. The highest BCUT2D eigenvalue weighted by atomic mass is 79.9. The van der Waals surface area contributed by atoms with Crippen molar-refractivity contribution in [3.05, 3.63) is 28.2 Å². The van der Waals surface area contributed by atoms with Gasteiger partial charge in [0.05, 0.1) is 11.3 Å². The van der Waals surface area contributed by atoms with Crippen LogP contribution in [-0.4, -0.2) is 18.5 Å². The average molecular weight is 371 g/mol. The molecule has 0 spiro atoms. The lowest BCUT2D eigenvalue weighted by atomic mass is 9.99. The van der Waals surface area contributed by atoms with E-state index in [9.17, 15) is 13.2 Å². The number of alkyl halides is 4. The molecule has 1 aromatic rings. The van der Waals surface area contributed by atoms with Gasteiger partial charge in [0.1, 0.15) is 0 Å². The minimum Gasteiger partial charge on any atom is -0.368 e. The van der Waals surface area contributed by atoms with Gasteiger partial charge in [0.2, 0.25) is 0 Å². The molecule has 1 aromatic carbocycles. The Balaban J connectivity index is 2.27. The molecule has 1 fully saturated rings. The molecule has 1 aliphatic heterocycles. The molecular weight excluding hydrogens is 355 g/mol. The third-order valence-corrected chi connectivity index (χ3v) is 4.51. The Labute approximate surface area is 130 Å². The lowest BCUT2D eigenvalue weighted by Gasteiger charge is -2.38. The third kappa shape index (κ3) is 3.61. The van der Waals surface area contributed by atoms with Gasteiger partial charge in [-0.3, -0.25) is 0 Å². The lowest BCUT2D eigenvalue weighted by molar-refractivity contribution is -0.137. The van der Waals surface area contributed by atoms with Crippen LogP contribution in [0.4, 0.5) is 18.9 Å². The first kappa shape index (κ1) is 16.0. The van der Waals surface area contributed by atoms with Crippen molar-refractivity contribution < 1.29 is 13.2 Å². The Bertz CT molecular complexity index is 462. The molecule has 0 radical (unpaired) electrons. The van der Waals surface area contributed by atoms with Gasteiger partial charge < -0.3 is 4.90 Å². The molecule has 1 saturated heterocycles. The van der Waals surface area contributed by atoms with E-state index in [0.717, 1.165) is 50.0 Å². The Hall–Kier alpha value is -0.420. The van der Waals surface area contributed by atoms with Crippen LogP contribution in [0.1, 0.15) is 31.2 Å². The van der Waals surface area contributed by atoms with Crippen molar-refractivity contribution in [2.75, 3.05) is 17.3 Å². The molecule has 0 aliphatic carbocycles. The summed E-state index contributed by atoms with van der Waals surface area (Å²) in [5.41, 5.74) is 0.201. The van der Waals surface area contributed by atoms with Crippen molar-refractivity contribution in [3.8, 4) is 0 Å². The van der Waals surface area contributed by atoms with Gasteiger partial charge in [-0.2, -0.15) is 13.2 Å². The summed E-state index contributed by atoms with van der Waals surface area (Å²) in [6.07, 6.45) is -0.198. The van der Waals surface area contributed by atoms with Gasteiger partial charge >= 0.3 is 6.18 Å². The molecule has 1 aliphatic rings. The Morgan fingerprint density at radius 2 is 2.05 bits per heavy atom. The van der Waals surface area contributed by atoms with E-state index < -0.39 is 11.7 Å². The molecule has 0 amide bonds. The second kappa shape index (κ2) is 6.56. The molecular formula is C14H16BrClF3N. The fourth-order valence-corrected chi connectivity index (χ4v) is 3.52. The summed E-state index contributed by atoms with van der Waals surface area (Å²) in [7, 11) is 0. The van der Waals surface area contributed by atoms with Gasteiger partial charge in [-0.25, -0.2) is 0 Å². The zero-order valence-electron chi connectivity index (χ0n) is 10.9. The standard InChI is InChI=1S/C14H16BrClF3N/c15-12-9-10(14(17,18)19)4-5-13(12)20-8-2-1-3-11(20)6-7-16/h4-5,9,11H,1-3,6-8H2. The van der Waals surface area contributed by atoms with Crippen molar-refractivity contribution in [1.82, 2.24) is 0 Å². The van der Waals surface area contributed by atoms with E-state index in [2.05, 4.69) is 20.8 Å². The smallest absolute Gasteiger partial charge is 0.368 e. The zero-order chi connectivity index (χ0) is 14.8. The Morgan fingerprint density at radius 3 is 2.65 bits per heavy atom. The van der Waals surface area contributed by atoms with Gasteiger partial charge in [0.25, 0.3) is 0 Å². The van der Waals surface area contributed by atoms with Gasteiger partial charge in [-0.05, 0) is 59.8 Å². The fraction of sp³-hybridized carbons (Fsp3) is 0.571. The molecule has 112 valence electrons. The summed E-state index contributed by atoms with van der Waals surface area (Å²) >= 11 is 9.10. The van der Waals surface area contributed by atoms with Crippen LogP contribution in [0.25, 0.3) is 0 Å². The third-order valence-electron chi connectivity index (χ3n) is 3.65. The van der Waals surface area contributed by atoms with E-state index in [4.69, 9.17) is 11.6 Å². The maximum atomic E-state index is 12.7. The number of hydrogen-bond donors (Lipinski definition) is 0. The molecule has 1 nitrogen and oxygen atoms in total. The number of anilines is 1. The van der Waals surface area contributed by atoms with Crippen LogP contribution in [0.15, 0.2) is 22.7 Å². The number of benzene rings is 1. The number of halogens is 5. The molecule has 1 heterocycles. The number of piperidine rings is 1. The maximum absolute atomic E-state index is 12.7. The highest BCUT2D eigenvalue weighted by molar-refractivity contribution is 9.10. The molecule has 0 N–H and O–H groups in total. The van der Waals surface area contributed by atoms with Crippen molar-refractivity contribution >= 4 is 33.2 Å². The molecule has 1 atom stereocenters. The van der Waals surface area contributed by atoms with Crippen LogP contribution in [0, 0.1) is 0 Å². The first-order valence-electron chi connectivity index (χ1n) is 6.63. The summed E-state index contributed by atoms with van der Waals surface area (Å²) < 4.78 is 38.6. The minimum atomic E-state index is -4.31. The molecule has 0 saturated carbocycles. The summed E-state index contributed by atoms with van der Waals surface area (Å²) in [4.78, 5) is 2.18. The normalized spacial score (nSPS) is 20.2. The Morgan fingerprint density at radius 1 is 1.30 bits per heavy atom. The second-order valence-electron chi connectivity index (χ2n) is 4.98. The van der Waals surface area contributed by atoms with Crippen LogP contribution in [0.5, 0.6) is 0 Å². The van der Waals surface area contributed by atoms with E-state index in [0.29, 0.717) is 16.4 Å². The van der Waals surface area contributed by atoms with Gasteiger partial charge in [0, 0.05) is 22.9 Å². The maximum Gasteiger partial charge on any atom is 0.416 e. The van der Waals surface area contributed by atoms with Crippen molar-refractivity contribution in [2.24, 2.45) is 0 Å². The Kier molecular flexibility index (Phi) is 5.24. The van der Waals surface area contributed by atoms with Crippen LogP contribution < -0.4 is 4.90 Å². The summed E-state index contributed by atoms with van der Waals surface area (Å²) in [6, 6.07) is 4.17. The monoisotopic (exact) mass is 369 g/mol. The van der Waals surface area contributed by atoms with Crippen LogP contribution in [0.3, 0.4) is 0 Å². The molecule has 2 rings (SSSR count). The predicted octanol–water partition coefficient (Wildman–Crippen LogP) is 5.46. The average Bonchev–Trinajstić information content (AvgIpc) is 2.39. The highest BCUT2D eigenvalue weighted by Crippen LogP contribution is 2.37. The quantitative estimate of drug-likeness (QED) is 0.639. The van der Waals surface area contributed by atoms with Crippen molar-refractivity contribution in [1.29, 1.82) is 0 Å². The van der Waals surface area contributed by atoms with Crippen LogP contribution in [-0.2, 0) is 6.18 Å². The number of rotatable bonds is 3. The van der Waals surface area contributed by atoms with Gasteiger partial charge in [-0.1, -0.05) is 0 Å². The van der Waals surface area contributed by atoms with E-state index >= 15 is 0 Å². The molecule has 20 heavy (non-hydrogen) atoms. The second-order valence-corrected chi connectivity index (χ2v) is 6.22. The molecule has 1 unspecified atom stereocenters. The number of hydrogen-bond acceptors (Lipinski definition) is 1. The largest absolute Gasteiger partial charge is 0.416 e. The summed E-state index contributed by atoms with van der Waals surface area (Å²) in [5, 5.41) is 0. The van der Waals surface area contributed by atoms with E-state index in [1.165, 1.54) is 0 Å². The van der Waals surface area contributed by atoms with Crippen LogP contribution >= 0.6 is 27.5 Å². The summed E-state index contributed by atoms with van der Waals surface area (Å²) in [6.45, 7) is 0.867. The van der Waals surface area contributed by atoms with E-state index in [1.807, 2.05) is 0 Å². The summed E-state index contributed by atoms with van der Waals surface area (Å²) in [5.74, 6) is 0.569. The topological polar surface area (TPSA) is 3.24 Å². The first-order valence-corrected chi connectivity index (χ1v) is 7.95. The number of nitrogens with zero attached hydrogens (tertiary/aromatic N) is 1. The highest BCUT2D eigenvalue weighted by Gasteiger charge is 2.32. The lowest BCUT2D eigenvalue weighted by Crippen LogP contribution is -2.40. The minimum absolute atomic E-state index is 0.314. The predicted molar refractivity (Wildman–Crippen MR) is 79.5 cm³/mol. The van der Waals surface area contributed by atoms with E-state index in [-0.39, 0.29) is 0 Å². The molecule has 6 heteroatoms. The van der Waals surface area contributed by atoms with Gasteiger partial charge in [0.15, 0.2) is 0 Å². The SMILES string of the molecule is FC(F)(F)c1ccc(N2CCCCC2CCCl)c(Br)c1. The first-order chi connectivity index (χ1) is 9.43. The van der Waals surface area contributed by atoms with Crippen molar-refractivity contribution in [2.45, 2.75) is 37.9 Å². The van der Waals surface area contributed by atoms with Gasteiger partial charge in [-0.15, -0.1) is 11.6 Å². The molecule has 0 aromatic heterocycles. The molecule has 0 bridgehead atoms.